The van der Waals surface area contributed by atoms with E-state index in [0.29, 0.717) is 23.5 Å². The van der Waals surface area contributed by atoms with Crippen molar-refractivity contribution in [1.82, 2.24) is 5.32 Å². The predicted octanol–water partition coefficient (Wildman–Crippen LogP) is 2.58. The van der Waals surface area contributed by atoms with Crippen LogP contribution in [0.25, 0.3) is 0 Å². The first-order chi connectivity index (χ1) is 11.4. The summed E-state index contributed by atoms with van der Waals surface area (Å²) in [4.78, 5) is 26.1. The summed E-state index contributed by atoms with van der Waals surface area (Å²) < 4.78 is 6.46. The minimum absolute atomic E-state index is 0.0231. The monoisotopic (exact) mass is 327 g/mol. The van der Waals surface area contributed by atoms with Crippen molar-refractivity contribution in [2.75, 3.05) is 0 Å². The molecule has 7 bridgehead atoms. The fourth-order valence-electron chi connectivity index (χ4n) is 8.22. The molecule has 3 heterocycles. The van der Waals surface area contributed by atoms with Gasteiger partial charge in [0, 0.05) is 5.41 Å². The Morgan fingerprint density at radius 3 is 2.83 bits per heavy atom. The smallest absolute Gasteiger partial charge is 0.228 e. The van der Waals surface area contributed by atoms with Gasteiger partial charge in [-0.05, 0) is 61.9 Å². The molecule has 5 saturated carbocycles. The largest absolute Gasteiger partial charge is 0.354 e. The second kappa shape index (κ2) is 3.82. The highest BCUT2D eigenvalue weighted by Gasteiger charge is 2.79. The molecule has 1 amide bonds. The Labute approximate surface area is 142 Å². The number of allylic oxidation sites excluding steroid dienone is 1. The molecule has 0 aromatic rings. The zero-order chi connectivity index (χ0) is 16.5. The molecule has 4 nitrogen and oxygen atoms in total. The van der Waals surface area contributed by atoms with Crippen LogP contribution in [0.3, 0.4) is 0 Å². The minimum Gasteiger partial charge on any atom is -0.354 e. The third-order valence-corrected chi connectivity index (χ3v) is 9.22. The molecule has 2 spiro atoms. The quantitative estimate of drug-likeness (QED) is 0.696. The molecule has 1 N–H and O–H groups in total. The van der Waals surface area contributed by atoms with Crippen molar-refractivity contribution in [2.24, 2.45) is 34.0 Å². The summed E-state index contributed by atoms with van der Waals surface area (Å²) in [5.41, 5.74) is 0.233. The highest BCUT2D eigenvalue weighted by molar-refractivity contribution is 6.02. The molecule has 0 unspecified atom stereocenters. The van der Waals surface area contributed by atoms with Crippen LogP contribution in [0.15, 0.2) is 12.2 Å². The molecule has 8 aliphatic rings. The summed E-state index contributed by atoms with van der Waals surface area (Å²) in [6, 6.07) is 0. The van der Waals surface area contributed by atoms with E-state index in [1.165, 1.54) is 0 Å². The van der Waals surface area contributed by atoms with Crippen molar-refractivity contribution in [2.45, 2.75) is 64.2 Å². The number of hydrogen-bond acceptors (Lipinski definition) is 3. The Morgan fingerprint density at radius 2 is 2.00 bits per heavy atom. The topological polar surface area (TPSA) is 55.4 Å². The first kappa shape index (κ1) is 14.1. The van der Waals surface area contributed by atoms with Gasteiger partial charge < -0.3 is 10.1 Å². The van der Waals surface area contributed by atoms with E-state index >= 15 is 0 Å². The lowest BCUT2D eigenvalue weighted by Crippen LogP contribution is -2.82. The number of piperidine rings is 1. The fourth-order valence-corrected chi connectivity index (χ4v) is 8.22. The van der Waals surface area contributed by atoms with Gasteiger partial charge in [0.2, 0.25) is 5.91 Å². The third kappa shape index (κ3) is 1.14. The van der Waals surface area contributed by atoms with Crippen LogP contribution in [0, 0.1) is 34.0 Å². The number of carbonyl (C=O) groups is 2. The first-order valence-corrected chi connectivity index (χ1v) is 9.64. The molecule has 8 fully saturated rings. The summed E-state index contributed by atoms with van der Waals surface area (Å²) in [5, 5.41) is 3.23. The van der Waals surface area contributed by atoms with Gasteiger partial charge in [0.1, 0.15) is 6.23 Å². The van der Waals surface area contributed by atoms with E-state index in [0.717, 1.165) is 50.5 Å². The van der Waals surface area contributed by atoms with Crippen LogP contribution in [0.4, 0.5) is 0 Å². The van der Waals surface area contributed by atoms with Crippen LogP contribution in [-0.2, 0) is 14.3 Å². The molecular weight excluding hydrogens is 302 g/mol. The summed E-state index contributed by atoms with van der Waals surface area (Å²) in [6.45, 7) is 6.31. The van der Waals surface area contributed by atoms with Crippen molar-refractivity contribution >= 4 is 11.7 Å². The van der Waals surface area contributed by atoms with Gasteiger partial charge in [-0.2, -0.15) is 0 Å². The maximum absolute atomic E-state index is 13.3. The maximum atomic E-state index is 13.3. The molecule has 128 valence electrons. The lowest BCUT2D eigenvalue weighted by atomic mass is 9.33. The lowest BCUT2D eigenvalue weighted by molar-refractivity contribution is -0.343. The predicted molar refractivity (Wildman–Crippen MR) is 86.7 cm³/mol. The fraction of sp³-hybridized carbons (Fsp3) is 0.800. The van der Waals surface area contributed by atoms with E-state index in [1.807, 2.05) is 0 Å². The van der Waals surface area contributed by atoms with Gasteiger partial charge in [-0.3, -0.25) is 9.59 Å². The molecule has 8 atom stereocenters. The number of fused-ring (bicyclic) bond motifs is 2. The molecule has 0 aromatic carbocycles. The molecule has 4 heteroatoms. The molecule has 8 rings (SSSR count). The zero-order valence-electron chi connectivity index (χ0n) is 14.3. The second-order valence-corrected chi connectivity index (χ2v) is 9.57. The number of ether oxygens (including phenoxy) is 1. The maximum Gasteiger partial charge on any atom is 0.228 e. The zero-order valence-corrected chi connectivity index (χ0v) is 14.3. The average Bonchev–Trinajstić information content (AvgIpc) is 2.58. The Hall–Kier alpha value is -1.16. The highest BCUT2D eigenvalue weighted by atomic mass is 16.5. The molecule has 3 saturated heterocycles. The van der Waals surface area contributed by atoms with Gasteiger partial charge in [-0.1, -0.05) is 19.9 Å². The van der Waals surface area contributed by atoms with Gasteiger partial charge in [0.25, 0.3) is 0 Å². The number of Topliss-reactive ketones (excluding diaryl/α,β-unsaturated/α-hetero) is 1. The Morgan fingerprint density at radius 1 is 1.17 bits per heavy atom. The minimum atomic E-state index is -0.334. The van der Waals surface area contributed by atoms with Crippen molar-refractivity contribution < 1.29 is 14.3 Å². The standard InChI is InChI=1S/C20H25NO3/c1-10-11-4-7-20(15(10)22)13(8-11)19-6-3-5-18(2)12(19)9-14(20)24-17(19)21-16(18)23/h11-14,17H,1,3-9H2,2H3,(H,21,23)/t11-,12+,13-,14+,17-,18+,19-,20+/m0/s1. The average molecular weight is 327 g/mol. The van der Waals surface area contributed by atoms with E-state index in [9.17, 15) is 9.59 Å². The lowest BCUT2D eigenvalue weighted by Gasteiger charge is -2.76. The molecule has 0 aromatic heterocycles. The van der Waals surface area contributed by atoms with Gasteiger partial charge in [-0.15, -0.1) is 0 Å². The Bertz CT molecular complexity index is 716. The Kier molecular flexibility index (Phi) is 2.24. The number of rotatable bonds is 0. The number of ketones is 1. The normalized spacial score (nSPS) is 60.0. The van der Waals surface area contributed by atoms with Crippen molar-refractivity contribution in [3.8, 4) is 0 Å². The van der Waals surface area contributed by atoms with Crippen LogP contribution < -0.4 is 5.32 Å². The SMILES string of the molecule is C=C1C(=O)[C@]23CC[C@H]1C[C@H]2[C@@]12CCC[C@@]4(C)C(=O)N[C@H]1O[C@@H]3C[C@@H]24. The van der Waals surface area contributed by atoms with E-state index in [2.05, 4.69) is 18.8 Å². The van der Waals surface area contributed by atoms with Crippen LogP contribution in [0.1, 0.15) is 51.9 Å². The van der Waals surface area contributed by atoms with Crippen LogP contribution in [0.2, 0.25) is 0 Å². The molecular formula is C20H25NO3. The summed E-state index contributed by atoms with van der Waals surface area (Å²) >= 11 is 0. The van der Waals surface area contributed by atoms with Gasteiger partial charge in [-0.25, -0.2) is 0 Å². The molecule has 24 heavy (non-hydrogen) atoms. The molecule has 0 radical (unpaired) electrons. The summed E-state index contributed by atoms with van der Waals surface area (Å²) in [5.74, 6) is 1.61. The van der Waals surface area contributed by atoms with E-state index in [1.54, 1.807) is 0 Å². The third-order valence-electron chi connectivity index (χ3n) is 9.22. The molecule has 3 aliphatic heterocycles. The van der Waals surface area contributed by atoms with Crippen LogP contribution in [-0.4, -0.2) is 24.0 Å². The van der Waals surface area contributed by atoms with Crippen molar-refractivity contribution in [3.05, 3.63) is 12.2 Å². The van der Waals surface area contributed by atoms with Gasteiger partial charge in [0.05, 0.1) is 16.9 Å². The first-order valence-electron chi connectivity index (χ1n) is 9.64. The number of carbonyl (C=O) groups excluding carboxylic acids is 2. The van der Waals surface area contributed by atoms with Crippen molar-refractivity contribution in [1.29, 1.82) is 0 Å². The van der Waals surface area contributed by atoms with Crippen LogP contribution >= 0.6 is 0 Å². The number of amides is 1. The number of nitrogens with one attached hydrogen (secondary N) is 1. The van der Waals surface area contributed by atoms with Gasteiger partial charge in [0.15, 0.2) is 5.78 Å². The van der Waals surface area contributed by atoms with E-state index in [4.69, 9.17) is 4.74 Å². The number of hydrogen-bond donors (Lipinski definition) is 1. The molecule has 5 aliphatic carbocycles. The van der Waals surface area contributed by atoms with Crippen molar-refractivity contribution in [3.63, 3.8) is 0 Å². The summed E-state index contributed by atoms with van der Waals surface area (Å²) in [7, 11) is 0. The second-order valence-electron chi connectivity index (χ2n) is 9.57. The van der Waals surface area contributed by atoms with Crippen LogP contribution in [0.5, 0.6) is 0 Å². The Balaban J connectivity index is 1.58. The van der Waals surface area contributed by atoms with Gasteiger partial charge >= 0.3 is 0 Å². The van der Waals surface area contributed by atoms with E-state index < -0.39 is 0 Å². The highest BCUT2D eigenvalue weighted by Crippen LogP contribution is 2.76. The van der Waals surface area contributed by atoms with E-state index in [-0.39, 0.29) is 34.5 Å². The summed E-state index contributed by atoms with van der Waals surface area (Å²) in [6.07, 6.45) is 7.01.